The van der Waals surface area contributed by atoms with Crippen LogP contribution in [0.25, 0.3) is 10.9 Å². The molecular formula is C21H21N3O3. The second kappa shape index (κ2) is 6.23. The van der Waals surface area contributed by atoms with E-state index in [4.69, 9.17) is 0 Å². The topological polar surface area (TPSA) is 75.2 Å². The van der Waals surface area contributed by atoms with Gasteiger partial charge >= 0.3 is 5.69 Å². The van der Waals surface area contributed by atoms with Gasteiger partial charge in [0.05, 0.1) is 10.9 Å². The Morgan fingerprint density at radius 1 is 1.07 bits per heavy atom. The predicted octanol–water partition coefficient (Wildman–Crippen LogP) is 2.40. The number of hydrogen-bond donors (Lipinski definition) is 1. The zero-order chi connectivity index (χ0) is 19.2. The van der Waals surface area contributed by atoms with Crippen molar-refractivity contribution < 1.29 is 4.79 Å². The molecule has 1 aliphatic heterocycles. The first-order chi connectivity index (χ1) is 12.9. The first kappa shape index (κ1) is 17.3. The lowest BCUT2D eigenvalue weighted by atomic mass is 9.87. The van der Waals surface area contributed by atoms with Crippen LogP contribution in [0.5, 0.6) is 0 Å². The molecule has 0 unspecified atom stereocenters. The Labute approximate surface area is 156 Å². The number of carbonyl (C=O) groups is 1. The SMILES string of the molecule is CC1(C)CN(C(=O)CCn2c(=O)[nH]c(=O)c3ccccc32)c2ccccc21. The molecule has 3 aromatic rings. The fourth-order valence-electron chi connectivity index (χ4n) is 3.88. The third-order valence-electron chi connectivity index (χ3n) is 5.23. The van der Waals surface area contributed by atoms with E-state index in [1.807, 2.05) is 18.2 Å². The minimum atomic E-state index is -0.492. The summed E-state index contributed by atoms with van der Waals surface area (Å²) in [7, 11) is 0. The van der Waals surface area contributed by atoms with Gasteiger partial charge in [-0.1, -0.05) is 44.2 Å². The number of nitrogens with one attached hydrogen (secondary N) is 1. The first-order valence-electron chi connectivity index (χ1n) is 9.00. The molecule has 6 heteroatoms. The quantitative estimate of drug-likeness (QED) is 0.776. The first-order valence-corrected chi connectivity index (χ1v) is 9.00. The Kier molecular flexibility index (Phi) is 3.98. The molecule has 1 aliphatic rings. The second-order valence-corrected chi connectivity index (χ2v) is 7.56. The molecule has 0 fully saturated rings. The molecule has 0 radical (unpaired) electrons. The highest BCUT2D eigenvalue weighted by molar-refractivity contribution is 5.96. The number of fused-ring (bicyclic) bond motifs is 2. The molecule has 0 atom stereocenters. The van der Waals surface area contributed by atoms with Crippen LogP contribution in [0.4, 0.5) is 5.69 Å². The smallest absolute Gasteiger partial charge is 0.311 e. The standard InChI is InChI=1S/C21H21N3O3/c1-21(2)13-24(17-10-6-4-8-15(17)21)18(25)11-12-23-16-9-5-3-7-14(16)19(26)22-20(23)27/h3-10H,11-13H2,1-2H3,(H,22,26,27). The van der Waals surface area contributed by atoms with Crippen molar-refractivity contribution in [2.45, 2.75) is 32.2 Å². The molecule has 2 heterocycles. The number of nitrogens with zero attached hydrogens (tertiary/aromatic N) is 2. The van der Waals surface area contributed by atoms with Gasteiger partial charge in [-0.05, 0) is 23.8 Å². The summed E-state index contributed by atoms with van der Waals surface area (Å²) in [6.07, 6.45) is 0.181. The van der Waals surface area contributed by atoms with E-state index in [9.17, 15) is 14.4 Å². The number of carbonyl (C=O) groups excluding carboxylic acids is 1. The number of aryl methyl sites for hydroxylation is 1. The van der Waals surface area contributed by atoms with Crippen LogP contribution < -0.4 is 16.1 Å². The molecule has 0 saturated heterocycles. The van der Waals surface area contributed by atoms with Crippen molar-refractivity contribution >= 4 is 22.5 Å². The Morgan fingerprint density at radius 3 is 2.59 bits per heavy atom. The van der Waals surface area contributed by atoms with Gasteiger partial charge in [0, 0.05) is 30.6 Å². The molecule has 4 rings (SSSR count). The van der Waals surface area contributed by atoms with E-state index in [1.54, 1.807) is 29.2 Å². The van der Waals surface area contributed by atoms with E-state index in [2.05, 4.69) is 24.9 Å². The lowest BCUT2D eigenvalue weighted by Gasteiger charge is -2.21. The predicted molar refractivity (Wildman–Crippen MR) is 105 cm³/mol. The molecule has 1 N–H and O–H groups in total. The van der Waals surface area contributed by atoms with Crippen LogP contribution >= 0.6 is 0 Å². The average Bonchev–Trinajstić information content (AvgIpc) is 2.93. The number of para-hydroxylation sites is 2. The van der Waals surface area contributed by atoms with Crippen LogP contribution in [0.3, 0.4) is 0 Å². The molecule has 0 saturated carbocycles. The lowest BCUT2D eigenvalue weighted by molar-refractivity contribution is -0.118. The number of hydrogen-bond acceptors (Lipinski definition) is 3. The summed E-state index contributed by atoms with van der Waals surface area (Å²) in [6, 6.07) is 14.9. The van der Waals surface area contributed by atoms with Crippen molar-refractivity contribution in [1.29, 1.82) is 0 Å². The number of benzene rings is 2. The van der Waals surface area contributed by atoms with Gasteiger partial charge in [-0.25, -0.2) is 4.79 Å². The van der Waals surface area contributed by atoms with Gasteiger partial charge in [0.15, 0.2) is 0 Å². The summed E-state index contributed by atoms with van der Waals surface area (Å²) in [5.41, 5.74) is 1.63. The third-order valence-corrected chi connectivity index (χ3v) is 5.23. The van der Waals surface area contributed by atoms with Crippen molar-refractivity contribution in [3.63, 3.8) is 0 Å². The van der Waals surface area contributed by atoms with Crippen LogP contribution in [0.2, 0.25) is 0 Å². The minimum absolute atomic E-state index is 0.0322. The summed E-state index contributed by atoms with van der Waals surface area (Å²) in [5, 5.41) is 0.442. The van der Waals surface area contributed by atoms with E-state index in [-0.39, 0.29) is 24.3 Å². The van der Waals surface area contributed by atoms with Crippen LogP contribution in [0, 0.1) is 0 Å². The maximum Gasteiger partial charge on any atom is 0.328 e. The van der Waals surface area contributed by atoms with E-state index < -0.39 is 11.2 Å². The monoisotopic (exact) mass is 363 g/mol. The van der Waals surface area contributed by atoms with Gasteiger partial charge < -0.3 is 4.90 Å². The van der Waals surface area contributed by atoms with Crippen molar-refractivity contribution in [2.75, 3.05) is 11.4 Å². The highest BCUT2D eigenvalue weighted by Gasteiger charge is 2.37. The number of anilines is 1. The van der Waals surface area contributed by atoms with E-state index in [1.165, 1.54) is 4.57 Å². The molecule has 0 spiro atoms. The molecule has 138 valence electrons. The van der Waals surface area contributed by atoms with Crippen molar-refractivity contribution in [1.82, 2.24) is 9.55 Å². The van der Waals surface area contributed by atoms with Crippen LogP contribution in [-0.2, 0) is 16.8 Å². The maximum absolute atomic E-state index is 12.9. The molecule has 0 aliphatic carbocycles. The number of rotatable bonds is 3. The Morgan fingerprint density at radius 2 is 1.78 bits per heavy atom. The van der Waals surface area contributed by atoms with Gasteiger partial charge in [0.25, 0.3) is 5.56 Å². The molecule has 1 amide bonds. The van der Waals surface area contributed by atoms with Crippen LogP contribution in [0.15, 0.2) is 58.1 Å². The summed E-state index contributed by atoms with van der Waals surface area (Å²) < 4.78 is 1.46. The number of H-pyrrole nitrogens is 1. The van der Waals surface area contributed by atoms with Crippen molar-refractivity contribution in [2.24, 2.45) is 0 Å². The minimum Gasteiger partial charge on any atom is -0.311 e. The summed E-state index contributed by atoms with van der Waals surface area (Å²) in [4.78, 5) is 41.3. The molecule has 1 aromatic heterocycles. The van der Waals surface area contributed by atoms with E-state index in [0.717, 1.165) is 11.3 Å². The van der Waals surface area contributed by atoms with Crippen molar-refractivity contribution in [3.05, 3.63) is 74.9 Å². The van der Waals surface area contributed by atoms with Gasteiger partial charge in [-0.3, -0.25) is 19.1 Å². The third kappa shape index (κ3) is 2.87. The van der Waals surface area contributed by atoms with Gasteiger partial charge in [0.2, 0.25) is 5.91 Å². The number of amides is 1. The molecule has 2 aromatic carbocycles. The molecule has 27 heavy (non-hydrogen) atoms. The maximum atomic E-state index is 12.9. The fraction of sp³-hybridized carbons (Fsp3) is 0.286. The van der Waals surface area contributed by atoms with E-state index in [0.29, 0.717) is 17.4 Å². The zero-order valence-electron chi connectivity index (χ0n) is 15.4. The largest absolute Gasteiger partial charge is 0.328 e. The Balaban J connectivity index is 1.63. The second-order valence-electron chi connectivity index (χ2n) is 7.56. The lowest BCUT2D eigenvalue weighted by Crippen LogP contribution is -2.36. The molecular weight excluding hydrogens is 342 g/mol. The highest BCUT2D eigenvalue weighted by atomic mass is 16.2. The van der Waals surface area contributed by atoms with Gasteiger partial charge in [0.1, 0.15) is 0 Å². The van der Waals surface area contributed by atoms with Crippen molar-refractivity contribution in [3.8, 4) is 0 Å². The average molecular weight is 363 g/mol. The summed E-state index contributed by atoms with van der Waals surface area (Å²) in [5.74, 6) is -0.0322. The number of aromatic amines is 1. The Bertz CT molecular complexity index is 1160. The molecule has 0 bridgehead atoms. The normalized spacial score (nSPS) is 15.1. The van der Waals surface area contributed by atoms with Gasteiger partial charge in [-0.2, -0.15) is 0 Å². The highest BCUT2D eigenvalue weighted by Crippen LogP contribution is 2.40. The summed E-state index contributed by atoms with van der Waals surface area (Å²) in [6.45, 7) is 5.08. The van der Waals surface area contributed by atoms with Gasteiger partial charge in [-0.15, -0.1) is 0 Å². The zero-order valence-corrected chi connectivity index (χ0v) is 15.4. The number of aromatic nitrogens is 2. The summed E-state index contributed by atoms with van der Waals surface area (Å²) >= 11 is 0. The molecule has 6 nitrogen and oxygen atoms in total. The van der Waals surface area contributed by atoms with Crippen LogP contribution in [-0.4, -0.2) is 22.0 Å². The Hall–Kier alpha value is -3.15. The fourth-order valence-corrected chi connectivity index (χ4v) is 3.88. The van der Waals surface area contributed by atoms with E-state index >= 15 is 0 Å². The van der Waals surface area contributed by atoms with Crippen LogP contribution in [0.1, 0.15) is 25.8 Å².